The first kappa shape index (κ1) is 16.7. The Morgan fingerprint density at radius 1 is 1.18 bits per heavy atom. The zero-order valence-electron chi connectivity index (χ0n) is 14.8. The summed E-state index contributed by atoms with van der Waals surface area (Å²) in [7, 11) is 2.16. The van der Waals surface area contributed by atoms with Gasteiger partial charge in [0.15, 0.2) is 0 Å². The number of ether oxygens (including phenoxy) is 1. The fourth-order valence-corrected chi connectivity index (χ4v) is 5.26. The van der Waals surface area contributed by atoms with E-state index in [2.05, 4.69) is 37.6 Å². The first-order valence-electron chi connectivity index (χ1n) is 9.02. The highest BCUT2D eigenvalue weighted by Gasteiger charge is 2.60. The third-order valence-corrected chi connectivity index (χ3v) is 6.66. The number of β-amino-alcohol motifs (C(OH)–C–C–N with tert-alkyl or cyclic N) is 1. The number of hydrogen-bond donors (Lipinski definition) is 1. The molecule has 0 aromatic carbocycles. The summed E-state index contributed by atoms with van der Waals surface area (Å²) in [5.41, 5.74) is 0.599. The molecule has 0 spiro atoms. The van der Waals surface area contributed by atoms with Crippen LogP contribution in [0.15, 0.2) is 0 Å². The molecule has 0 radical (unpaired) electrons. The zero-order valence-corrected chi connectivity index (χ0v) is 14.8. The second kappa shape index (κ2) is 6.04. The van der Waals surface area contributed by atoms with Crippen LogP contribution in [0.1, 0.15) is 40.0 Å². The molecule has 2 saturated carbocycles. The van der Waals surface area contributed by atoms with Gasteiger partial charge >= 0.3 is 0 Å². The molecule has 3 rings (SSSR count). The largest absolute Gasteiger partial charge is 0.389 e. The number of nitrogens with zero attached hydrogens (tertiary/aromatic N) is 2. The minimum absolute atomic E-state index is 0.264. The lowest BCUT2D eigenvalue weighted by Crippen LogP contribution is -2.48. The summed E-state index contributed by atoms with van der Waals surface area (Å²) in [6.45, 7) is 12.7. The van der Waals surface area contributed by atoms with Gasteiger partial charge in [-0.2, -0.15) is 0 Å². The molecule has 3 aliphatic rings. The van der Waals surface area contributed by atoms with Gasteiger partial charge in [0, 0.05) is 32.7 Å². The molecule has 4 atom stereocenters. The van der Waals surface area contributed by atoms with E-state index in [0.717, 1.165) is 38.6 Å². The van der Waals surface area contributed by atoms with Gasteiger partial charge in [0.1, 0.15) is 0 Å². The van der Waals surface area contributed by atoms with Gasteiger partial charge < -0.3 is 14.7 Å². The van der Waals surface area contributed by atoms with Gasteiger partial charge in [0.2, 0.25) is 0 Å². The Hall–Kier alpha value is -0.160. The fourth-order valence-electron chi connectivity index (χ4n) is 5.26. The minimum Gasteiger partial charge on any atom is -0.389 e. The number of hydrogen-bond acceptors (Lipinski definition) is 4. The summed E-state index contributed by atoms with van der Waals surface area (Å²) in [6.07, 6.45) is 3.90. The predicted octanol–water partition coefficient (Wildman–Crippen LogP) is 1.83. The fraction of sp³-hybridized carbons (Fsp3) is 1.00. The van der Waals surface area contributed by atoms with Gasteiger partial charge in [-0.25, -0.2) is 0 Å². The van der Waals surface area contributed by atoms with Crippen LogP contribution in [0.5, 0.6) is 0 Å². The maximum absolute atomic E-state index is 10.4. The van der Waals surface area contributed by atoms with Crippen molar-refractivity contribution in [3.8, 4) is 0 Å². The third kappa shape index (κ3) is 3.08. The number of rotatable bonds is 5. The highest BCUT2D eigenvalue weighted by Crippen LogP contribution is 2.63. The van der Waals surface area contributed by atoms with Gasteiger partial charge in [-0.3, -0.25) is 4.90 Å². The Bertz CT molecular complexity index is 388. The molecule has 2 aliphatic carbocycles. The molecule has 22 heavy (non-hydrogen) atoms. The summed E-state index contributed by atoms with van der Waals surface area (Å²) < 4.78 is 6.29. The quantitative estimate of drug-likeness (QED) is 0.840. The normalized spacial score (nSPS) is 40.2. The van der Waals surface area contributed by atoms with Crippen LogP contribution in [0, 0.1) is 16.7 Å². The number of aliphatic hydroxyl groups is 1. The van der Waals surface area contributed by atoms with Crippen molar-refractivity contribution in [1.29, 1.82) is 0 Å². The molecule has 1 aliphatic heterocycles. The molecular formula is C18H34N2O2. The number of fused-ring (bicyclic) bond motifs is 2. The van der Waals surface area contributed by atoms with E-state index in [-0.39, 0.29) is 11.5 Å². The summed E-state index contributed by atoms with van der Waals surface area (Å²) in [5.74, 6) is 0.803. The summed E-state index contributed by atoms with van der Waals surface area (Å²) >= 11 is 0. The van der Waals surface area contributed by atoms with Crippen molar-refractivity contribution in [2.24, 2.45) is 16.7 Å². The van der Waals surface area contributed by atoms with E-state index in [1.807, 2.05) is 0 Å². The molecule has 1 N–H and O–H groups in total. The summed E-state index contributed by atoms with van der Waals surface area (Å²) in [6, 6.07) is 0. The van der Waals surface area contributed by atoms with Crippen LogP contribution < -0.4 is 0 Å². The van der Waals surface area contributed by atoms with Crippen LogP contribution in [0.3, 0.4) is 0 Å². The topological polar surface area (TPSA) is 35.9 Å². The van der Waals surface area contributed by atoms with E-state index < -0.39 is 0 Å². The first-order chi connectivity index (χ1) is 10.3. The van der Waals surface area contributed by atoms with E-state index in [4.69, 9.17) is 4.74 Å². The second-order valence-corrected chi connectivity index (χ2v) is 8.89. The lowest BCUT2D eigenvalue weighted by atomic mass is 9.70. The number of piperazine rings is 1. The molecule has 1 heterocycles. The van der Waals surface area contributed by atoms with E-state index in [1.165, 1.54) is 19.3 Å². The highest BCUT2D eigenvalue weighted by molar-refractivity contribution is 5.09. The second-order valence-electron chi connectivity index (χ2n) is 8.89. The van der Waals surface area contributed by atoms with Crippen molar-refractivity contribution in [3.63, 3.8) is 0 Å². The Morgan fingerprint density at radius 2 is 1.86 bits per heavy atom. The van der Waals surface area contributed by atoms with Crippen molar-refractivity contribution >= 4 is 0 Å². The monoisotopic (exact) mass is 310 g/mol. The van der Waals surface area contributed by atoms with Gasteiger partial charge in [-0.05, 0) is 43.1 Å². The Morgan fingerprint density at radius 3 is 2.45 bits per heavy atom. The molecular weight excluding hydrogens is 276 g/mol. The van der Waals surface area contributed by atoms with Crippen molar-refractivity contribution in [2.75, 3.05) is 46.4 Å². The van der Waals surface area contributed by atoms with E-state index in [0.29, 0.717) is 18.1 Å². The van der Waals surface area contributed by atoms with Crippen LogP contribution in [0.2, 0.25) is 0 Å². The summed E-state index contributed by atoms with van der Waals surface area (Å²) in [5, 5.41) is 10.4. The minimum atomic E-state index is -0.359. The zero-order chi connectivity index (χ0) is 16.0. The highest BCUT2D eigenvalue weighted by atomic mass is 16.5. The Balaban J connectivity index is 1.48. The molecule has 3 fully saturated rings. The molecule has 0 aromatic rings. The van der Waals surface area contributed by atoms with Crippen LogP contribution in [-0.4, -0.2) is 73.5 Å². The molecule has 0 aromatic heterocycles. The Kier molecular flexibility index (Phi) is 4.59. The first-order valence-corrected chi connectivity index (χ1v) is 9.02. The van der Waals surface area contributed by atoms with Crippen LogP contribution >= 0.6 is 0 Å². The molecule has 0 unspecified atom stereocenters. The lowest BCUT2D eigenvalue weighted by molar-refractivity contribution is -0.114. The van der Waals surface area contributed by atoms with E-state index in [1.54, 1.807) is 0 Å². The molecule has 2 bridgehead atoms. The smallest absolute Gasteiger partial charge is 0.0900 e. The van der Waals surface area contributed by atoms with Crippen LogP contribution in [0.25, 0.3) is 0 Å². The molecule has 1 saturated heterocycles. The molecule has 4 heteroatoms. The average molecular weight is 310 g/mol. The van der Waals surface area contributed by atoms with Crippen molar-refractivity contribution in [1.82, 2.24) is 9.80 Å². The van der Waals surface area contributed by atoms with Gasteiger partial charge in [0.05, 0.1) is 18.8 Å². The predicted molar refractivity (Wildman–Crippen MR) is 88.9 cm³/mol. The van der Waals surface area contributed by atoms with Crippen LogP contribution in [0.4, 0.5) is 0 Å². The van der Waals surface area contributed by atoms with Gasteiger partial charge in [0.25, 0.3) is 0 Å². The maximum atomic E-state index is 10.4. The number of aliphatic hydroxyl groups excluding tert-OH is 1. The van der Waals surface area contributed by atoms with Crippen molar-refractivity contribution < 1.29 is 9.84 Å². The molecule has 0 amide bonds. The van der Waals surface area contributed by atoms with Gasteiger partial charge in [-0.1, -0.05) is 20.8 Å². The Labute approximate surface area is 135 Å². The van der Waals surface area contributed by atoms with Crippen LogP contribution in [-0.2, 0) is 4.74 Å². The molecule has 128 valence electrons. The number of likely N-dealkylation sites (N-methyl/N-ethyl adjacent to an activating group) is 1. The lowest BCUT2D eigenvalue weighted by Gasteiger charge is -2.43. The average Bonchev–Trinajstić information content (AvgIpc) is 2.92. The van der Waals surface area contributed by atoms with Crippen molar-refractivity contribution in [3.05, 3.63) is 0 Å². The van der Waals surface area contributed by atoms with Crippen molar-refractivity contribution in [2.45, 2.75) is 52.2 Å². The maximum Gasteiger partial charge on any atom is 0.0900 e. The summed E-state index contributed by atoms with van der Waals surface area (Å²) in [4.78, 5) is 4.71. The van der Waals surface area contributed by atoms with Gasteiger partial charge in [-0.15, -0.1) is 0 Å². The standard InChI is InChI=1S/C18H34N2O2/c1-17(2)14-5-6-18(3,11-14)16(17)22-13-15(21)12-20-9-7-19(4)8-10-20/h14-16,21H,5-13H2,1-4H3/t14-,15+,16+,18+/m0/s1. The van der Waals surface area contributed by atoms with E-state index >= 15 is 0 Å². The SMILES string of the molecule is CN1CCN(C[C@@H](O)CO[C@@H]2C(C)(C)[C@H]3CC[C@]2(C)C3)CC1. The molecule has 4 nitrogen and oxygen atoms in total. The third-order valence-electron chi connectivity index (χ3n) is 6.66. The van der Waals surface area contributed by atoms with E-state index in [9.17, 15) is 5.11 Å².